The molecule has 3 fully saturated rings. The van der Waals surface area contributed by atoms with Crippen molar-refractivity contribution in [3.63, 3.8) is 0 Å². The molecule has 5 aliphatic rings. The number of likely N-dealkylation sites (tertiary alicyclic amines) is 1. The van der Waals surface area contributed by atoms with E-state index >= 15 is 0 Å². The molecule has 2 unspecified atom stereocenters. The van der Waals surface area contributed by atoms with E-state index in [-0.39, 0.29) is 28.7 Å². The zero-order valence-electron chi connectivity index (χ0n) is 22.5. The predicted molar refractivity (Wildman–Crippen MR) is 146 cm³/mol. The second-order valence-corrected chi connectivity index (χ2v) is 12.3. The number of rotatable bonds is 6. The van der Waals surface area contributed by atoms with Crippen molar-refractivity contribution in [2.45, 2.75) is 74.6 Å². The van der Waals surface area contributed by atoms with Gasteiger partial charge in [0.25, 0.3) is 5.54 Å². The van der Waals surface area contributed by atoms with Crippen molar-refractivity contribution >= 4 is 12.0 Å². The summed E-state index contributed by atoms with van der Waals surface area (Å²) in [4.78, 5) is 30.8. The van der Waals surface area contributed by atoms with Crippen molar-refractivity contribution < 1.29 is 19.6 Å². The number of carbonyl (C=O) groups excluding carboxylic acids is 1. The van der Waals surface area contributed by atoms with Crippen LogP contribution in [-0.2, 0) is 16.6 Å². The SMILES string of the molecule is Cc1cccc(/C=C/C(=O)N(C)C2CC[C@@]3([N+](=O)[O-])[C@H]4Cc5ccc(O)c6c5[C@@]3(CCN4CC3CC3)C2O6)c1. The van der Waals surface area contributed by atoms with Crippen LogP contribution in [0.25, 0.3) is 6.08 Å². The molecule has 39 heavy (non-hydrogen) atoms. The van der Waals surface area contributed by atoms with Crippen molar-refractivity contribution in [1.82, 2.24) is 9.80 Å². The van der Waals surface area contributed by atoms with Crippen LogP contribution < -0.4 is 4.74 Å². The van der Waals surface area contributed by atoms with Gasteiger partial charge in [0.05, 0.1) is 12.1 Å². The number of nitrogens with zero attached hydrogens (tertiary/aromatic N) is 3. The molecule has 2 saturated carbocycles. The number of phenols is 1. The zero-order valence-corrected chi connectivity index (χ0v) is 22.5. The predicted octanol–water partition coefficient (Wildman–Crippen LogP) is 4.09. The number of amides is 1. The van der Waals surface area contributed by atoms with Gasteiger partial charge < -0.3 is 14.7 Å². The highest BCUT2D eigenvalue weighted by Gasteiger charge is 2.80. The smallest absolute Gasteiger partial charge is 0.251 e. The third-order valence-electron chi connectivity index (χ3n) is 10.4. The molecule has 8 nitrogen and oxygen atoms in total. The molecule has 8 heteroatoms. The molecule has 2 heterocycles. The zero-order chi connectivity index (χ0) is 27.1. The van der Waals surface area contributed by atoms with Crippen molar-refractivity contribution in [2.24, 2.45) is 5.92 Å². The van der Waals surface area contributed by atoms with E-state index in [1.807, 2.05) is 43.3 Å². The lowest BCUT2D eigenvalue weighted by molar-refractivity contribution is -0.606. The van der Waals surface area contributed by atoms with E-state index in [1.54, 1.807) is 24.1 Å². The summed E-state index contributed by atoms with van der Waals surface area (Å²) < 4.78 is 6.58. The van der Waals surface area contributed by atoms with E-state index in [1.165, 1.54) is 12.8 Å². The van der Waals surface area contributed by atoms with Gasteiger partial charge in [-0.05, 0) is 74.8 Å². The molecule has 1 N–H and O–H groups in total. The molecule has 1 saturated heterocycles. The summed E-state index contributed by atoms with van der Waals surface area (Å²) in [5, 5.41) is 24.2. The number of hydrogen-bond acceptors (Lipinski definition) is 6. The summed E-state index contributed by atoms with van der Waals surface area (Å²) in [5.41, 5.74) is 1.83. The van der Waals surface area contributed by atoms with E-state index < -0.39 is 17.1 Å². The number of hydrogen-bond donors (Lipinski definition) is 1. The molecule has 5 atom stereocenters. The first kappa shape index (κ1) is 24.6. The summed E-state index contributed by atoms with van der Waals surface area (Å²) in [5.74, 6) is 0.895. The summed E-state index contributed by atoms with van der Waals surface area (Å²) in [6.07, 6.45) is 7.23. The molecule has 3 aliphatic carbocycles. The van der Waals surface area contributed by atoms with Crippen LogP contribution >= 0.6 is 0 Å². The molecule has 1 amide bonds. The Morgan fingerprint density at radius 1 is 1.26 bits per heavy atom. The molecule has 2 bridgehead atoms. The molecule has 2 aromatic rings. The quantitative estimate of drug-likeness (QED) is 0.344. The lowest BCUT2D eigenvalue weighted by atomic mass is 9.46. The molecule has 2 aliphatic heterocycles. The highest BCUT2D eigenvalue weighted by atomic mass is 16.6. The Kier molecular flexibility index (Phi) is 5.40. The lowest BCUT2D eigenvalue weighted by Gasteiger charge is -2.61. The fourth-order valence-corrected chi connectivity index (χ4v) is 8.45. The number of aromatic hydroxyl groups is 1. The topological polar surface area (TPSA) is 96.2 Å². The number of benzene rings is 2. The Labute approximate surface area is 228 Å². The fourth-order valence-electron chi connectivity index (χ4n) is 8.45. The third kappa shape index (κ3) is 3.36. The fraction of sp³-hybridized carbons (Fsp3) is 0.516. The van der Waals surface area contributed by atoms with E-state index in [0.29, 0.717) is 37.4 Å². The first-order valence-corrected chi connectivity index (χ1v) is 14.2. The first-order chi connectivity index (χ1) is 18.8. The number of likely N-dealkylation sites (N-methyl/N-ethyl adjacent to an activating group) is 1. The minimum Gasteiger partial charge on any atom is -0.504 e. The van der Waals surface area contributed by atoms with Crippen molar-refractivity contribution in [2.75, 3.05) is 20.1 Å². The Bertz CT molecular complexity index is 1400. The maximum absolute atomic E-state index is 13.4. The highest BCUT2D eigenvalue weighted by Crippen LogP contribution is 2.67. The number of nitro groups is 1. The molecular weight excluding hydrogens is 494 g/mol. The maximum Gasteiger partial charge on any atom is 0.251 e. The summed E-state index contributed by atoms with van der Waals surface area (Å²) in [7, 11) is 1.78. The minimum atomic E-state index is -1.21. The second-order valence-electron chi connectivity index (χ2n) is 12.3. The van der Waals surface area contributed by atoms with Gasteiger partial charge in [-0.25, -0.2) is 0 Å². The molecular formula is C31H35N3O5. The molecule has 204 valence electrons. The van der Waals surface area contributed by atoms with E-state index in [0.717, 1.165) is 35.3 Å². The van der Waals surface area contributed by atoms with Crippen molar-refractivity contribution in [3.05, 3.63) is 74.8 Å². The van der Waals surface area contributed by atoms with Gasteiger partial charge in [-0.1, -0.05) is 35.9 Å². The van der Waals surface area contributed by atoms with Crippen molar-refractivity contribution in [3.8, 4) is 11.5 Å². The summed E-state index contributed by atoms with van der Waals surface area (Å²) >= 11 is 0. The normalized spacial score (nSPS) is 32.5. The standard InChI is InChI=1S/C31H35N3O5/c1-19-4-3-5-20(16-19)8-11-26(36)32(2)23-12-13-31(34(37)38)25-17-22-9-10-24(35)28-27(22)30(31,29(23)39-28)14-15-33(25)18-21-6-7-21/h3-5,8-11,16,21,23,25,29,35H,6-7,12-15,17-18H2,1-2H3/b11-8+/t23?,25-,29?,30+,31-/m1/s1. The van der Waals surface area contributed by atoms with Gasteiger partial charge in [0.15, 0.2) is 11.5 Å². The minimum absolute atomic E-state index is 0.00907. The number of phenolic OH excluding ortho intramolecular Hbond substituents is 1. The number of aryl methyl sites for hydroxylation is 1. The van der Waals surface area contributed by atoms with Crippen LogP contribution in [0.3, 0.4) is 0 Å². The number of piperidine rings is 1. The third-order valence-corrected chi connectivity index (χ3v) is 10.4. The van der Waals surface area contributed by atoms with Gasteiger partial charge in [0.2, 0.25) is 5.91 Å². The monoisotopic (exact) mass is 529 g/mol. The van der Waals surface area contributed by atoms with Gasteiger partial charge in [-0.3, -0.25) is 19.8 Å². The van der Waals surface area contributed by atoms with E-state index in [9.17, 15) is 20.0 Å². The maximum atomic E-state index is 13.4. The van der Waals surface area contributed by atoms with E-state index in [4.69, 9.17) is 4.74 Å². The molecule has 0 aromatic heterocycles. The van der Waals surface area contributed by atoms with Gasteiger partial charge in [0, 0.05) is 36.6 Å². The second kappa shape index (κ2) is 8.55. The van der Waals surface area contributed by atoms with Gasteiger partial charge in [-0.2, -0.15) is 0 Å². The largest absolute Gasteiger partial charge is 0.504 e. The molecule has 1 spiro atoms. The first-order valence-electron chi connectivity index (χ1n) is 14.2. The number of ether oxygens (including phenoxy) is 1. The van der Waals surface area contributed by atoms with Crippen LogP contribution in [0.1, 0.15) is 54.4 Å². The molecule has 7 rings (SSSR count). The average Bonchev–Trinajstić information content (AvgIpc) is 3.67. The van der Waals surface area contributed by atoms with Crippen LogP contribution in [0.4, 0.5) is 0 Å². The Morgan fingerprint density at radius 2 is 2.08 bits per heavy atom. The van der Waals surface area contributed by atoms with E-state index in [2.05, 4.69) is 4.90 Å². The number of carbonyl (C=O) groups is 1. The van der Waals surface area contributed by atoms with Crippen LogP contribution in [0, 0.1) is 23.0 Å². The van der Waals surface area contributed by atoms with Crippen LogP contribution in [0.2, 0.25) is 0 Å². The Balaban J connectivity index is 1.29. The highest BCUT2D eigenvalue weighted by molar-refractivity contribution is 5.92. The van der Waals surface area contributed by atoms with Crippen LogP contribution in [0.15, 0.2) is 42.5 Å². The summed E-state index contributed by atoms with van der Waals surface area (Å²) in [6, 6.07) is 11.0. The van der Waals surface area contributed by atoms with Crippen LogP contribution in [0.5, 0.6) is 11.5 Å². The van der Waals surface area contributed by atoms with Crippen LogP contribution in [-0.4, -0.2) is 69.6 Å². The Hall–Kier alpha value is -3.39. The van der Waals surface area contributed by atoms with Gasteiger partial charge >= 0.3 is 0 Å². The van der Waals surface area contributed by atoms with Gasteiger partial charge in [-0.15, -0.1) is 0 Å². The molecule has 2 aromatic carbocycles. The Morgan fingerprint density at radius 3 is 2.82 bits per heavy atom. The van der Waals surface area contributed by atoms with Crippen molar-refractivity contribution in [1.29, 1.82) is 0 Å². The lowest BCUT2D eigenvalue weighted by Crippen LogP contribution is -2.80. The summed E-state index contributed by atoms with van der Waals surface area (Å²) in [6.45, 7) is 3.69. The average molecular weight is 530 g/mol. The molecule has 0 radical (unpaired) electrons. The van der Waals surface area contributed by atoms with Gasteiger partial charge in [0.1, 0.15) is 11.5 Å².